The van der Waals surface area contributed by atoms with E-state index in [9.17, 15) is 0 Å². The number of aromatic amines is 1. The number of nitrogens with one attached hydrogen (secondary N) is 1. The Labute approximate surface area is 104 Å². The lowest BCUT2D eigenvalue weighted by molar-refractivity contribution is 0.593. The van der Waals surface area contributed by atoms with Crippen LogP contribution in [0.15, 0.2) is 24.4 Å². The lowest BCUT2D eigenvalue weighted by Gasteiger charge is -2.21. The van der Waals surface area contributed by atoms with E-state index in [0.29, 0.717) is 0 Å². The van der Waals surface area contributed by atoms with Crippen LogP contribution in [-0.2, 0) is 10.8 Å². The Bertz CT molecular complexity index is 533. The molecule has 0 radical (unpaired) electrons. The number of benzene rings is 1. The van der Waals surface area contributed by atoms with Crippen LogP contribution in [0.4, 0.5) is 0 Å². The molecule has 1 heteroatoms. The lowest BCUT2D eigenvalue weighted by Crippen LogP contribution is -2.12. The van der Waals surface area contributed by atoms with Gasteiger partial charge in [0.1, 0.15) is 0 Å². The first-order valence-corrected chi connectivity index (χ1v) is 6.32. The van der Waals surface area contributed by atoms with Gasteiger partial charge in [-0.25, -0.2) is 0 Å². The summed E-state index contributed by atoms with van der Waals surface area (Å²) >= 11 is 0. The van der Waals surface area contributed by atoms with Crippen LogP contribution in [0.5, 0.6) is 0 Å². The van der Waals surface area contributed by atoms with Crippen molar-refractivity contribution in [2.75, 3.05) is 0 Å². The van der Waals surface area contributed by atoms with Crippen LogP contribution < -0.4 is 0 Å². The van der Waals surface area contributed by atoms with Gasteiger partial charge in [-0.1, -0.05) is 59.7 Å². The van der Waals surface area contributed by atoms with Gasteiger partial charge < -0.3 is 4.98 Å². The molecule has 0 saturated carbocycles. The molecule has 0 spiro atoms. The Morgan fingerprint density at radius 2 is 1.41 bits per heavy atom. The zero-order chi connectivity index (χ0) is 12.8. The van der Waals surface area contributed by atoms with Gasteiger partial charge in [-0.3, -0.25) is 0 Å². The highest BCUT2D eigenvalue weighted by atomic mass is 14.7. The molecule has 0 aliphatic heterocycles. The van der Waals surface area contributed by atoms with Crippen molar-refractivity contribution in [3.8, 4) is 0 Å². The van der Waals surface area contributed by atoms with Gasteiger partial charge >= 0.3 is 0 Å². The SMILES string of the molecule is CC(C)(C)c1c[nH]c2c(C(C)(C)C)cccc12. The minimum Gasteiger partial charge on any atom is -0.361 e. The molecule has 1 aromatic heterocycles. The summed E-state index contributed by atoms with van der Waals surface area (Å²) in [5.74, 6) is 0. The Morgan fingerprint density at radius 3 is 1.94 bits per heavy atom. The molecule has 0 aliphatic rings. The van der Waals surface area contributed by atoms with E-state index >= 15 is 0 Å². The van der Waals surface area contributed by atoms with Crippen molar-refractivity contribution in [2.45, 2.75) is 52.4 Å². The predicted molar refractivity (Wildman–Crippen MR) is 75.7 cm³/mol. The minimum atomic E-state index is 0.180. The fraction of sp³-hybridized carbons (Fsp3) is 0.500. The standard InChI is InChI=1S/C16H23N/c1-15(2,3)12-9-7-8-11-13(16(4,5)6)10-17-14(11)12/h7-10,17H,1-6H3. The van der Waals surface area contributed by atoms with E-state index in [1.54, 1.807) is 0 Å². The Balaban J connectivity index is 2.74. The molecule has 0 bridgehead atoms. The summed E-state index contributed by atoms with van der Waals surface area (Å²) in [6, 6.07) is 6.62. The average molecular weight is 229 g/mol. The maximum absolute atomic E-state index is 3.47. The molecule has 0 amide bonds. The highest BCUT2D eigenvalue weighted by Gasteiger charge is 2.22. The van der Waals surface area contributed by atoms with Crippen LogP contribution in [0.1, 0.15) is 52.7 Å². The lowest BCUT2D eigenvalue weighted by atomic mass is 9.83. The van der Waals surface area contributed by atoms with Crippen molar-refractivity contribution in [3.63, 3.8) is 0 Å². The van der Waals surface area contributed by atoms with Crippen LogP contribution >= 0.6 is 0 Å². The fourth-order valence-corrected chi connectivity index (χ4v) is 2.40. The van der Waals surface area contributed by atoms with Crippen molar-refractivity contribution in [1.82, 2.24) is 4.98 Å². The zero-order valence-electron chi connectivity index (χ0n) is 11.8. The topological polar surface area (TPSA) is 15.8 Å². The highest BCUT2D eigenvalue weighted by Crippen LogP contribution is 2.35. The Hall–Kier alpha value is -1.24. The van der Waals surface area contributed by atoms with E-state index in [0.717, 1.165) is 0 Å². The van der Waals surface area contributed by atoms with E-state index in [2.05, 4.69) is 70.9 Å². The second-order valence-corrected chi connectivity index (χ2v) is 6.93. The average Bonchev–Trinajstić information content (AvgIpc) is 2.57. The van der Waals surface area contributed by atoms with E-state index in [1.165, 1.54) is 22.0 Å². The molecule has 0 saturated heterocycles. The van der Waals surface area contributed by atoms with E-state index in [-0.39, 0.29) is 10.8 Å². The summed E-state index contributed by atoms with van der Waals surface area (Å²) in [4.78, 5) is 3.47. The molecule has 0 atom stereocenters. The number of H-pyrrole nitrogens is 1. The summed E-state index contributed by atoms with van der Waals surface area (Å²) < 4.78 is 0. The first-order valence-electron chi connectivity index (χ1n) is 6.32. The first kappa shape index (κ1) is 12.2. The molecule has 0 aliphatic carbocycles. The van der Waals surface area contributed by atoms with Gasteiger partial charge in [0.25, 0.3) is 0 Å². The predicted octanol–water partition coefficient (Wildman–Crippen LogP) is 4.76. The molecule has 0 fully saturated rings. The number of hydrogen-bond acceptors (Lipinski definition) is 0. The van der Waals surface area contributed by atoms with Crippen LogP contribution in [-0.4, -0.2) is 4.98 Å². The van der Waals surface area contributed by atoms with Gasteiger partial charge in [-0.15, -0.1) is 0 Å². The van der Waals surface area contributed by atoms with Crippen molar-refractivity contribution in [3.05, 3.63) is 35.5 Å². The van der Waals surface area contributed by atoms with Crippen molar-refractivity contribution >= 4 is 10.9 Å². The zero-order valence-corrected chi connectivity index (χ0v) is 11.8. The summed E-state index contributed by atoms with van der Waals surface area (Å²) in [5, 5.41) is 1.37. The molecule has 17 heavy (non-hydrogen) atoms. The third-order valence-corrected chi connectivity index (χ3v) is 3.33. The molecule has 1 aromatic carbocycles. The molecule has 0 unspecified atom stereocenters. The van der Waals surface area contributed by atoms with E-state index < -0.39 is 0 Å². The van der Waals surface area contributed by atoms with Crippen LogP contribution in [0.3, 0.4) is 0 Å². The second kappa shape index (κ2) is 3.63. The monoisotopic (exact) mass is 229 g/mol. The summed E-state index contributed by atoms with van der Waals surface area (Å²) in [6.45, 7) is 13.6. The number of fused-ring (bicyclic) bond motifs is 1. The molecule has 1 N–H and O–H groups in total. The van der Waals surface area contributed by atoms with Crippen LogP contribution in [0.25, 0.3) is 10.9 Å². The summed E-state index contributed by atoms with van der Waals surface area (Å²) in [6.07, 6.45) is 2.17. The maximum atomic E-state index is 3.47. The quantitative estimate of drug-likeness (QED) is 0.670. The van der Waals surface area contributed by atoms with Gasteiger partial charge in [-0.05, 0) is 22.0 Å². The number of aromatic nitrogens is 1. The third-order valence-electron chi connectivity index (χ3n) is 3.33. The Kier molecular flexibility index (Phi) is 2.61. The number of hydrogen-bond donors (Lipinski definition) is 1. The normalized spacial score (nSPS) is 13.3. The first-order chi connectivity index (χ1) is 7.71. The maximum Gasteiger partial charge on any atom is 0.0494 e. The molecule has 1 nitrogen and oxygen atoms in total. The molecular weight excluding hydrogens is 206 g/mol. The molecule has 2 aromatic rings. The fourth-order valence-electron chi connectivity index (χ4n) is 2.40. The van der Waals surface area contributed by atoms with Crippen molar-refractivity contribution < 1.29 is 0 Å². The number of para-hydroxylation sites is 1. The molecule has 92 valence electrons. The minimum absolute atomic E-state index is 0.180. The largest absolute Gasteiger partial charge is 0.361 e. The van der Waals surface area contributed by atoms with Gasteiger partial charge in [-0.2, -0.15) is 0 Å². The molecule has 2 rings (SSSR count). The van der Waals surface area contributed by atoms with E-state index in [1.807, 2.05) is 0 Å². The smallest absolute Gasteiger partial charge is 0.0494 e. The van der Waals surface area contributed by atoms with Gasteiger partial charge in [0.05, 0.1) is 0 Å². The highest BCUT2D eigenvalue weighted by molar-refractivity contribution is 5.87. The van der Waals surface area contributed by atoms with Crippen molar-refractivity contribution in [2.24, 2.45) is 0 Å². The molecular formula is C16H23N. The summed E-state index contributed by atoms with van der Waals surface area (Å²) in [5.41, 5.74) is 4.46. The number of rotatable bonds is 0. The van der Waals surface area contributed by atoms with Gasteiger partial charge in [0.2, 0.25) is 0 Å². The van der Waals surface area contributed by atoms with Crippen LogP contribution in [0.2, 0.25) is 0 Å². The van der Waals surface area contributed by atoms with Crippen LogP contribution in [0, 0.1) is 0 Å². The van der Waals surface area contributed by atoms with Gasteiger partial charge in [0, 0.05) is 17.1 Å². The summed E-state index contributed by atoms with van der Waals surface area (Å²) in [7, 11) is 0. The Morgan fingerprint density at radius 1 is 0.824 bits per heavy atom. The van der Waals surface area contributed by atoms with E-state index in [4.69, 9.17) is 0 Å². The second-order valence-electron chi connectivity index (χ2n) is 6.93. The van der Waals surface area contributed by atoms with Gasteiger partial charge in [0.15, 0.2) is 0 Å². The van der Waals surface area contributed by atoms with Crippen molar-refractivity contribution in [1.29, 1.82) is 0 Å². The third kappa shape index (κ3) is 2.11. The molecule has 1 heterocycles.